The second-order valence-electron chi connectivity index (χ2n) is 5.93. The summed E-state index contributed by atoms with van der Waals surface area (Å²) in [7, 11) is -3.92. The number of para-hydroxylation sites is 1. The number of phenols is 2. The van der Waals surface area contributed by atoms with Crippen LogP contribution in [-0.2, 0) is 10.0 Å². The van der Waals surface area contributed by atoms with Gasteiger partial charge in [-0.25, -0.2) is 8.42 Å². The number of hydrogen-bond donors (Lipinski definition) is 3. The standard InChI is InChI=1S/C21H17NO5S/c23-16-8-5-15(6-9-16)7-14-21(25)19-3-1-2-4-20(19)22-28(26,27)18-12-10-17(24)11-13-18/h1-14,22-24H. The number of ketones is 1. The summed E-state index contributed by atoms with van der Waals surface area (Å²) in [6.07, 6.45) is 2.91. The topological polar surface area (TPSA) is 104 Å². The highest BCUT2D eigenvalue weighted by Crippen LogP contribution is 2.22. The largest absolute Gasteiger partial charge is 0.508 e. The van der Waals surface area contributed by atoms with Gasteiger partial charge in [0, 0.05) is 5.56 Å². The molecule has 0 aromatic heterocycles. The Morgan fingerprint density at radius 1 is 0.821 bits per heavy atom. The zero-order chi connectivity index (χ0) is 20.1. The molecule has 0 bridgehead atoms. The maximum absolute atomic E-state index is 12.6. The smallest absolute Gasteiger partial charge is 0.261 e. The van der Waals surface area contributed by atoms with E-state index in [0.29, 0.717) is 5.56 Å². The molecule has 0 saturated carbocycles. The van der Waals surface area contributed by atoms with Gasteiger partial charge in [-0.05, 0) is 60.2 Å². The van der Waals surface area contributed by atoms with Crippen LogP contribution in [0.5, 0.6) is 11.5 Å². The van der Waals surface area contributed by atoms with Gasteiger partial charge in [-0.2, -0.15) is 0 Å². The van der Waals surface area contributed by atoms with Crippen molar-refractivity contribution < 1.29 is 23.4 Å². The highest BCUT2D eigenvalue weighted by Gasteiger charge is 2.17. The highest BCUT2D eigenvalue weighted by atomic mass is 32.2. The Balaban J connectivity index is 1.85. The summed E-state index contributed by atoms with van der Waals surface area (Å²) in [5.74, 6) is -0.302. The number of allylic oxidation sites excluding steroid dienone is 1. The molecule has 3 aromatic carbocycles. The van der Waals surface area contributed by atoms with Crippen LogP contribution in [0.25, 0.3) is 6.08 Å². The minimum atomic E-state index is -3.92. The van der Waals surface area contributed by atoms with Gasteiger partial charge in [0.2, 0.25) is 0 Å². The molecule has 28 heavy (non-hydrogen) atoms. The first-order valence-electron chi connectivity index (χ1n) is 8.27. The molecular weight excluding hydrogens is 378 g/mol. The Labute approximate surface area is 162 Å². The average molecular weight is 395 g/mol. The van der Waals surface area contributed by atoms with E-state index in [-0.39, 0.29) is 33.4 Å². The predicted molar refractivity (Wildman–Crippen MR) is 107 cm³/mol. The first-order chi connectivity index (χ1) is 13.3. The summed E-state index contributed by atoms with van der Waals surface area (Å²) in [4.78, 5) is 12.5. The number of carbonyl (C=O) groups excluding carboxylic acids is 1. The lowest BCUT2D eigenvalue weighted by Gasteiger charge is -2.11. The molecule has 0 heterocycles. The van der Waals surface area contributed by atoms with Gasteiger partial charge >= 0.3 is 0 Å². The summed E-state index contributed by atoms with van der Waals surface area (Å²) < 4.78 is 27.5. The Morgan fingerprint density at radius 3 is 2.04 bits per heavy atom. The van der Waals surface area contributed by atoms with Crippen molar-refractivity contribution in [1.82, 2.24) is 0 Å². The van der Waals surface area contributed by atoms with E-state index in [2.05, 4.69) is 4.72 Å². The second kappa shape index (κ2) is 7.98. The van der Waals surface area contributed by atoms with Crippen molar-refractivity contribution in [3.63, 3.8) is 0 Å². The molecule has 3 aromatic rings. The van der Waals surface area contributed by atoms with Gasteiger partial charge in [-0.3, -0.25) is 9.52 Å². The number of hydrogen-bond acceptors (Lipinski definition) is 5. The fraction of sp³-hybridized carbons (Fsp3) is 0. The average Bonchev–Trinajstić information content (AvgIpc) is 2.68. The van der Waals surface area contributed by atoms with Gasteiger partial charge in [0.25, 0.3) is 10.0 Å². The number of anilines is 1. The summed E-state index contributed by atoms with van der Waals surface area (Å²) in [6, 6.07) is 17.7. The molecule has 142 valence electrons. The lowest BCUT2D eigenvalue weighted by molar-refractivity contribution is 0.104. The quantitative estimate of drug-likeness (QED) is 0.435. The van der Waals surface area contributed by atoms with Crippen LogP contribution >= 0.6 is 0 Å². The van der Waals surface area contributed by atoms with Gasteiger partial charge in [0.05, 0.1) is 10.6 Å². The van der Waals surface area contributed by atoms with Crippen molar-refractivity contribution in [1.29, 1.82) is 0 Å². The Kier molecular flexibility index (Phi) is 5.47. The third-order valence-electron chi connectivity index (χ3n) is 3.90. The normalized spacial score (nSPS) is 11.4. The van der Waals surface area contributed by atoms with Gasteiger partial charge in [-0.1, -0.05) is 30.3 Å². The molecule has 0 aliphatic carbocycles. The fourth-order valence-corrected chi connectivity index (χ4v) is 3.54. The number of phenolic OH excluding ortho intramolecular Hbond substituents is 2. The van der Waals surface area contributed by atoms with E-state index < -0.39 is 10.0 Å². The van der Waals surface area contributed by atoms with E-state index in [1.54, 1.807) is 30.3 Å². The number of sulfonamides is 1. The molecule has 0 aliphatic heterocycles. The first kappa shape index (κ1) is 19.2. The van der Waals surface area contributed by atoms with E-state index in [0.717, 1.165) is 0 Å². The number of nitrogens with one attached hydrogen (secondary N) is 1. The van der Waals surface area contributed by atoms with Crippen LogP contribution in [0.1, 0.15) is 15.9 Å². The van der Waals surface area contributed by atoms with E-state index in [1.807, 2.05) is 0 Å². The van der Waals surface area contributed by atoms with Gasteiger partial charge in [0.15, 0.2) is 5.78 Å². The van der Waals surface area contributed by atoms with Crippen LogP contribution in [0.15, 0.2) is 83.8 Å². The fourth-order valence-electron chi connectivity index (χ4n) is 2.46. The van der Waals surface area contributed by atoms with Crippen molar-refractivity contribution in [3.05, 3.63) is 90.0 Å². The zero-order valence-corrected chi connectivity index (χ0v) is 15.4. The maximum Gasteiger partial charge on any atom is 0.261 e. The first-order valence-corrected chi connectivity index (χ1v) is 9.76. The molecule has 7 heteroatoms. The molecule has 0 aliphatic rings. The van der Waals surface area contributed by atoms with Crippen LogP contribution in [0, 0.1) is 0 Å². The molecule has 6 nitrogen and oxygen atoms in total. The Morgan fingerprint density at radius 2 is 1.39 bits per heavy atom. The Bertz CT molecular complexity index is 1120. The van der Waals surface area contributed by atoms with Crippen LogP contribution in [0.3, 0.4) is 0 Å². The lowest BCUT2D eigenvalue weighted by atomic mass is 10.1. The summed E-state index contributed by atoms with van der Waals surface area (Å²) in [5, 5.41) is 18.6. The van der Waals surface area contributed by atoms with Crippen molar-refractivity contribution in [2.45, 2.75) is 4.90 Å². The van der Waals surface area contributed by atoms with Gasteiger partial charge < -0.3 is 10.2 Å². The minimum Gasteiger partial charge on any atom is -0.508 e. The molecule has 0 radical (unpaired) electrons. The zero-order valence-electron chi connectivity index (χ0n) is 14.6. The van der Waals surface area contributed by atoms with Gasteiger partial charge in [0.1, 0.15) is 11.5 Å². The summed E-state index contributed by atoms with van der Waals surface area (Å²) in [6.45, 7) is 0. The predicted octanol–water partition coefficient (Wildman–Crippen LogP) is 3.79. The molecule has 3 N–H and O–H groups in total. The number of carbonyl (C=O) groups is 1. The summed E-state index contributed by atoms with van der Waals surface area (Å²) >= 11 is 0. The number of benzene rings is 3. The van der Waals surface area contributed by atoms with Crippen molar-refractivity contribution >= 4 is 27.6 Å². The Hall–Kier alpha value is -3.58. The molecule has 0 saturated heterocycles. The van der Waals surface area contributed by atoms with E-state index >= 15 is 0 Å². The van der Waals surface area contributed by atoms with Crippen molar-refractivity contribution in [2.75, 3.05) is 4.72 Å². The lowest BCUT2D eigenvalue weighted by Crippen LogP contribution is -2.15. The van der Waals surface area contributed by atoms with Crippen molar-refractivity contribution in [3.8, 4) is 11.5 Å². The molecule has 3 rings (SSSR count). The SMILES string of the molecule is O=C(C=Cc1ccc(O)cc1)c1ccccc1NS(=O)(=O)c1ccc(O)cc1. The highest BCUT2D eigenvalue weighted by molar-refractivity contribution is 7.92. The van der Waals surface area contributed by atoms with Crippen LogP contribution in [-0.4, -0.2) is 24.4 Å². The van der Waals surface area contributed by atoms with Gasteiger partial charge in [-0.15, -0.1) is 0 Å². The number of rotatable bonds is 6. The molecule has 0 spiro atoms. The second-order valence-corrected chi connectivity index (χ2v) is 7.62. The summed E-state index contributed by atoms with van der Waals surface area (Å²) in [5.41, 5.74) is 1.06. The molecule has 0 atom stereocenters. The maximum atomic E-state index is 12.6. The molecule has 0 fully saturated rings. The van der Waals surface area contributed by atoms with E-state index in [9.17, 15) is 23.4 Å². The van der Waals surface area contributed by atoms with Crippen LogP contribution in [0.4, 0.5) is 5.69 Å². The third kappa shape index (κ3) is 4.57. The number of aromatic hydroxyl groups is 2. The van der Waals surface area contributed by atoms with E-state index in [4.69, 9.17) is 0 Å². The van der Waals surface area contributed by atoms with Crippen LogP contribution in [0.2, 0.25) is 0 Å². The monoisotopic (exact) mass is 395 g/mol. The van der Waals surface area contributed by atoms with Crippen LogP contribution < -0.4 is 4.72 Å². The minimum absolute atomic E-state index is 0.0350. The van der Waals surface area contributed by atoms with E-state index in [1.165, 1.54) is 54.6 Å². The molecule has 0 unspecified atom stereocenters. The van der Waals surface area contributed by atoms with Crippen molar-refractivity contribution in [2.24, 2.45) is 0 Å². The third-order valence-corrected chi connectivity index (χ3v) is 5.29. The molecule has 0 amide bonds. The molecular formula is C21H17NO5S.